The standard InChI is InChI=1S/C14H18N6O/c1-2-20-13(17-18-19-20)10-5-3-6-11(9-10)16-14(21)12-7-4-8-15-12/h3,5-6,9,12,15H,2,4,7-8H2,1H3,(H,16,21). The summed E-state index contributed by atoms with van der Waals surface area (Å²) in [5.41, 5.74) is 1.65. The van der Waals surface area contributed by atoms with Gasteiger partial charge in [-0.15, -0.1) is 5.10 Å². The molecular weight excluding hydrogens is 268 g/mol. The van der Waals surface area contributed by atoms with E-state index in [1.54, 1.807) is 4.68 Å². The number of hydrogen-bond donors (Lipinski definition) is 2. The molecule has 2 heterocycles. The van der Waals surface area contributed by atoms with Crippen LogP contribution >= 0.6 is 0 Å². The monoisotopic (exact) mass is 286 g/mol. The Kier molecular flexibility index (Phi) is 3.92. The molecule has 1 aromatic heterocycles. The molecule has 0 saturated carbocycles. The molecule has 0 aliphatic carbocycles. The van der Waals surface area contributed by atoms with E-state index >= 15 is 0 Å². The molecule has 7 nitrogen and oxygen atoms in total. The molecule has 2 aromatic rings. The Balaban J connectivity index is 1.78. The number of rotatable bonds is 4. The number of carbonyl (C=O) groups excluding carboxylic acids is 1. The van der Waals surface area contributed by atoms with Crippen LogP contribution in [0, 0.1) is 0 Å². The second-order valence-corrected chi connectivity index (χ2v) is 5.04. The number of carbonyl (C=O) groups is 1. The number of benzene rings is 1. The first kappa shape index (κ1) is 13.7. The Bertz CT molecular complexity index is 632. The Hall–Kier alpha value is -2.28. The molecule has 7 heteroatoms. The minimum absolute atomic E-state index is 0.0136. The lowest BCUT2D eigenvalue weighted by molar-refractivity contribution is -0.117. The van der Waals surface area contributed by atoms with Crippen LogP contribution in [0.25, 0.3) is 11.4 Å². The van der Waals surface area contributed by atoms with Gasteiger partial charge in [-0.2, -0.15) is 0 Å². The van der Waals surface area contributed by atoms with Crippen LogP contribution in [-0.2, 0) is 11.3 Å². The number of aryl methyl sites for hydroxylation is 1. The van der Waals surface area contributed by atoms with Crippen molar-refractivity contribution in [2.75, 3.05) is 11.9 Å². The van der Waals surface area contributed by atoms with E-state index in [4.69, 9.17) is 0 Å². The SMILES string of the molecule is CCn1nnnc1-c1cccc(NC(=O)C2CCCN2)c1. The van der Waals surface area contributed by atoms with Gasteiger partial charge < -0.3 is 10.6 Å². The van der Waals surface area contributed by atoms with E-state index in [0.29, 0.717) is 12.4 Å². The van der Waals surface area contributed by atoms with Crippen LogP contribution in [0.3, 0.4) is 0 Å². The lowest BCUT2D eigenvalue weighted by Crippen LogP contribution is -2.35. The third kappa shape index (κ3) is 2.92. The molecule has 1 unspecified atom stereocenters. The molecule has 0 bridgehead atoms. The fraction of sp³-hybridized carbons (Fsp3) is 0.429. The summed E-state index contributed by atoms with van der Waals surface area (Å²) >= 11 is 0. The van der Waals surface area contributed by atoms with Gasteiger partial charge >= 0.3 is 0 Å². The predicted molar refractivity (Wildman–Crippen MR) is 78.6 cm³/mol. The number of amides is 1. The zero-order valence-corrected chi connectivity index (χ0v) is 11.9. The second-order valence-electron chi connectivity index (χ2n) is 5.04. The van der Waals surface area contributed by atoms with Gasteiger partial charge in [0.2, 0.25) is 5.91 Å². The third-order valence-electron chi connectivity index (χ3n) is 3.60. The van der Waals surface area contributed by atoms with Crippen LogP contribution in [-0.4, -0.2) is 38.7 Å². The highest BCUT2D eigenvalue weighted by Gasteiger charge is 2.22. The number of aromatic nitrogens is 4. The van der Waals surface area contributed by atoms with Gasteiger partial charge in [-0.3, -0.25) is 4.79 Å². The average molecular weight is 286 g/mol. The Morgan fingerprint density at radius 2 is 2.43 bits per heavy atom. The minimum Gasteiger partial charge on any atom is -0.325 e. The van der Waals surface area contributed by atoms with Crippen molar-refractivity contribution in [1.29, 1.82) is 0 Å². The molecule has 110 valence electrons. The van der Waals surface area contributed by atoms with Gasteiger partial charge in [0.05, 0.1) is 6.04 Å². The van der Waals surface area contributed by atoms with Crippen molar-refractivity contribution >= 4 is 11.6 Å². The van der Waals surface area contributed by atoms with Gasteiger partial charge in [0.25, 0.3) is 0 Å². The summed E-state index contributed by atoms with van der Waals surface area (Å²) < 4.78 is 1.72. The largest absolute Gasteiger partial charge is 0.325 e. The van der Waals surface area contributed by atoms with Crippen molar-refractivity contribution in [1.82, 2.24) is 25.5 Å². The first-order valence-electron chi connectivity index (χ1n) is 7.19. The lowest BCUT2D eigenvalue weighted by atomic mass is 10.1. The van der Waals surface area contributed by atoms with Crippen molar-refractivity contribution < 1.29 is 4.79 Å². The Morgan fingerprint density at radius 1 is 1.52 bits per heavy atom. The molecule has 0 radical (unpaired) electrons. The van der Waals surface area contributed by atoms with Crippen molar-refractivity contribution in [3.05, 3.63) is 24.3 Å². The first-order valence-corrected chi connectivity index (χ1v) is 7.19. The van der Waals surface area contributed by atoms with Gasteiger partial charge in [0.1, 0.15) is 0 Å². The van der Waals surface area contributed by atoms with Gasteiger partial charge in [0, 0.05) is 17.8 Å². The topological polar surface area (TPSA) is 84.7 Å². The second kappa shape index (κ2) is 6.01. The van der Waals surface area contributed by atoms with E-state index in [9.17, 15) is 4.79 Å². The molecule has 2 N–H and O–H groups in total. The van der Waals surface area contributed by atoms with Crippen molar-refractivity contribution in [3.8, 4) is 11.4 Å². The fourth-order valence-corrected chi connectivity index (χ4v) is 2.50. The van der Waals surface area contributed by atoms with Gasteiger partial charge in [-0.05, 0) is 48.9 Å². The van der Waals surface area contributed by atoms with Crippen LogP contribution in [0.1, 0.15) is 19.8 Å². The summed E-state index contributed by atoms with van der Waals surface area (Å²) in [4.78, 5) is 12.1. The zero-order valence-electron chi connectivity index (χ0n) is 11.9. The maximum atomic E-state index is 12.1. The van der Waals surface area contributed by atoms with Crippen molar-refractivity contribution in [2.24, 2.45) is 0 Å². The summed E-state index contributed by atoms with van der Waals surface area (Å²) in [5.74, 6) is 0.715. The fourth-order valence-electron chi connectivity index (χ4n) is 2.50. The number of anilines is 1. The Morgan fingerprint density at radius 3 is 3.19 bits per heavy atom. The number of nitrogens with one attached hydrogen (secondary N) is 2. The maximum absolute atomic E-state index is 12.1. The number of nitrogens with zero attached hydrogens (tertiary/aromatic N) is 4. The lowest BCUT2D eigenvalue weighted by Gasteiger charge is -2.11. The predicted octanol–water partition coefficient (Wildman–Crippen LogP) is 1.05. The maximum Gasteiger partial charge on any atom is 0.241 e. The van der Waals surface area contributed by atoms with Crippen LogP contribution in [0.2, 0.25) is 0 Å². The molecular formula is C14H18N6O. The molecule has 1 aromatic carbocycles. The molecule has 1 amide bonds. The number of hydrogen-bond acceptors (Lipinski definition) is 5. The molecule has 1 atom stereocenters. The highest BCUT2D eigenvalue weighted by molar-refractivity contribution is 5.95. The van der Waals surface area contributed by atoms with E-state index in [0.717, 1.165) is 30.6 Å². The first-order chi connectivity index (χ1) is 10.3. The number of tetrazole rings is 1. The molecule has 1 fully saturated rings. The van der Waals surface area contributed by atoms with Crippen molar-refractivity contribution in [3.63, 3.8) is 0 Å². The van der Waals surface area contributed by atoms with Gasteiger partial charge in [-0.25, -0.2) is 4.68 Å². The molecule has 1 aliphatic heterocycles. The van der Waals surface area contributed by atoms with E-state index < -0.39 is 0 Å². The normalized spacial score (nSPS) is 17.9. The van der Waals surface area contributed by atoms with E-state index in [-0.39, 0.29) is 11.9 Å². The highest BCUT2D eigenvalue weighted by atomic mass is 16.2. The molecule has 3 rings (SSSR count). The minimum atomic E-state index is -0.0883. The summed E-state index contributed by atoms with van der Waals surface area (Å²) in [6, 6.07) is 7.50. The molecule has 21 heavy (non-hydrogen) atoms. The van der Waals surface area contributed by atoms with Crippen LogP contribution in [0.4, 0.5) is 5.69 Å². The highest BCUT2D eigenvalue weighted by Crippen LogP contribution is 2.20. The van der Waals surface area contributed by atoms with Crippen LogP contribution in [0.5, 0.6) is 0 Å². The summed E-state index contributed by atoms with van der Waals surface area (Å²) in [6.07, 6.45) is 1.93. The van der Waals surface area contributed by atoms with Crippen molar-refractivity contribution in [2.45, 2.75) is 32.4 Å². The van der Waals surface area contributed by atoms with E-state index in [1.165, 1.54) is 0 Å². The molecule has 0 spiro atoms. The third-order valence-corrected chi connectivity index (χ3v) is 3.60. The van der Waals surface area contributed by atoms with E-state index in [1.807, 2.05) is 31.2 Å². The zero-order chi connectivity index (χ0) is 14.7. The summed E-state index contributed by atoms with van der Waals surface area (Å²) in [7, 11) is 0. The quantitative estimate of drug-likeness (QED) is 0.877. The Labute approximate surface area is 122 Å². The van der Waals surface area contributed by atoms with Gasteiger partial charge in [0.15, 0.2) is 5.82 Å². The average Bonchev–Trinajstić information content (AvgIpc) is 3.18. The summed E-state index contributed by atoms with van der Waals surface area (Å²) in [5, 5.41) is 17.8. The molecule has 1 aliphatic rings. The van der Waals surface area contributed by atoms with Gasteiger partial charge in [-0.1, -0.05) is 12.1 Å². The van der Waals surface area contributed by atoms with E-state index in [2.05, 4.69) is 26.2 Å². The smallest absolute Gasteiger partial charge is 0.241 e. The van der Waals surface area contributed by atoms with Crippen LogP contribution < -0.4 is 10.6 Å². The summed E-state index contributed by atoms with van der Waals surface area (Å²) in [6.45, 7) is 3.59. The molecule has 1 saturated heterocycles. The van der Waals surface area contributed by atoms with Crippen LogP contribution in [0.15, 0.2) is 24.3 Å².